The average Bonchev–Trinajstić information content (AvgIpc) is 3.24. The van der Waals surface area contributed by atoms with E-state index in [1.165, 1.54) is 0 Å². The lowest BCUT2D eigenvalue weighted by molar-refractivity contribution is -0.116. The van der Waals surface area contributed by atoms with E-state index in [1.54, 1.807) is 24.3 Å². The summed E-state index contributed by atoms with van der Waals surface area (Å²) in [5.74, 6) is 0.151. The maximum absolute atomic E-state index is 12.9. The van der Waals surface area contributed by atoms with E-state index in [2.05, 4.69) is 16.0 Å². The van der Waals surface area contributed by atoms with Gasteiger partial charge in [-0.15, -0.1) is 0 Å². The van der Waals surface area contributed by atoms with Crippen molar-refractivity contribution in [2.24, 2.45) is 0 Å². The summed E-state index contributed by atoms with van der Waals surface area (Å²) in [6.07, 6.45) is 4.63. The van der Waals surface area contributed by atoms with Gasteiger partial charge in [0.25, 0.3) is 11.1 Å². The van der Waals surface area contributed by atoms with Gasteiger partial charge in [-0.2, -0.15) is 0 Å². The number of hydrogen-bond acceptors (Lipinski definition) is 7. The van der Waals surface area contributed by atoms with Gasteiger partial charge < -0.3 is 21.7 Å². The molecule has 0 fully saturated rings. The summed E-state index contributed by atoms with van der Waals surface area (Å²) in [4.78, 5) is 47.5. The zero-order chi connectivity index (χ0) is 42.1. The van der Waals surface area contributed by atoms with Crippen LogP contribution in [-0.2, 0) is 9.59 Å². The molecule has 0 aromatic heterocycles. The second kappa shape index (κ2) is 19.7. The number of fused-ring (bicyclic) bond motifs is 2. The van der Waals surface area contributed by atoms with Crippen LogP contribution in [-0.4, -0.2) is 22.7 Å². The number of halogens is 3. The molecule has 1 amide bonds. The number of carbonyl (C=O) groups excluding carboxylic acids is 4. The highest BCUT2D eigenvalue weighted by Crippen LogP contribution is 2.34. The number of rotatable bonds is 7. The fraction of sp³-hybridized carbons (Fsp3) is 0.167. The first-order chi connectivity index (χ1) is 28.4. The van der Waals surface area contributed by atoms with Crippen LogP contribution in [0.4, 0.5) is 22.7 Å². The molecule has 0 unspecified atom stereocenters. The molecule has 2 aliphatic rings. The normalized spacial score (nSPS) is 13.9. The number of nitrogens with two attached hydrogens (primary N) is 1. The molecule has 0 aliphatic heterocycles. The molecular weight excluding hydrogens is 803 g/mol. The molecule has 0 atom stereocenters. The molecule has 8 rings (SSSR count). The molecule has 5 N–H and O–H groups in total. The zero-order valence-electron chi connectivity index (χ0n) is 32.6. The predicted molar refractivity (Wildman–Crippen MR) is 244 cm³/mol. The number of anilines is 4. The number of amides is 1. The van der Waals surface area contributed by atoms with Crippen molar-refractivity contribution in [2.75, 3.05) is 21.7 Å². The lowest BCUT2D eigenvalue weighted by Gasteiger charge is -2.20. The fourth-order valence-corrected chi connectivity index (χ4v) is 7.52. The van der Waals surface area contributed by atoms with Crippen molar-refractivity contribution in [1.82, 2.24) is 0 Å². The van der Waals surface area contributed by atoms with E-state index in [0.29, 0.717) is 51.1 Å². The van der Waals surface area contributed by atoms with Crippen LogP contribution in [0.3, 0.4) is 0 Å². The first kappa shape index (κ1) is 42.7. The minimum atomic E-state index is -0.406. The highest BCUT2D eigenvalue weighted by Gasteiger charge is 2.20. The first-order valence-corrected chi connectivity index (χ1v) is 20.4. The Hall–Kier alpha value is -5.93. The molecule has 11 heteroatoms. The lowest BCUT2D eigenvalue weighted by Crippen LogP contribution is -2.15. The Balaban J connectivity index is 0.000000165. The molecule has 0 spiro atoms. The van der Waals surface area contributed by atoms with E-state index in [0.717, 1.165) is 75.5 Å². The minimum Gasteiger partial charge on any atom is -0.397 e. The van der Waals surface area contributed by atoms with Gasteiger partial charge in [0, 0.05) is 46.5 Å². The van der Waals surface area contributed by atoms with Crippen LogP contribution in [0, 0.1) is 0 Å². The second-order valence-electron chi connectivity index (χ2n) is 14.2. The highest BCUT2D eigenvalue weighted by atomic mass is 35.5. The van der Waals surface area contributed by atoms with Crippen LogP contribution in [0.2, 0.25) is 10.0 Å². The van der Waals surface area contributed by atoms with Crippen molar-refractivity contribution in [3.05, 3.63) is 165 Å². The molecule has 0 saturated heterocycles. The number of nitrogens with one attached hydrogen (secondary N) is 3. The maximum Gasteiger partial charge on any atom is 0.256 e. The topological polar surface area (TPSA) is 130 Å². The average molecular weight is 846 g/mol. The standard InChI is InChI=1S/C24H21ClN2O2.C13H15ClN2O.C11H7ClO/c1-15-19(11-6-14-22(15)28)26-20-12-5-13-21(23(20)25)27-24(29)18-10-4-8-16-7-2-3-9-17(16)18;1-8-10(5-3-7-12(8)17)16-11-6-2-4-9(15)13(11)14;12-11(13)10-7-3-5-8-4-1-2-6-9(8)10/h2-5,7-10,12-13,26H,6,11,14H2,1H3,(H,27,29);2,4,6,16H,3,5,7,15H2,1H3;1-7H. The van der Waals surface area contributed by atoms with Crippen LogP contribution < -0.4 is 21.7 Å². The van der Waals surface area contributed by atoms with E-state index in [9.17, 15) is 19.2 Å². The molecule has 6 aromatic rings. The van der Waals surface area contributed by atoms with Crippen molar-refractivity contribution < 1.29 is 19.2 Å². The van der Waals surface area contributed by atoms with Gasteiger partial charge in [0.15, 0.2) is 11.6 Å². The van der Waals surface area contributed by atoms with Gasteiger partial charge in [-0.1, -0.05) is 108 Å². The van der Waals surface area contributed by atoms with Crippen molar-refractivity contribution in [3.63, 3.8) is 0 Å². The summed E-state index contributed by atoms with van der Waals surface area (Å²) < 4.78 is 0. The summed E-state index contributed by atoms with van der Waals surface area (Å²) in [6, 6.07) is 37.5. The van der Waals surface area contributed by atoms with Crippen molar-refractivity contribution in [2.45, 2.75) is 52.4 Å². The summed E-state index contributed by atoms with van der Waals surface area (Å²) in [7, 11) is 0. The van der Waals surface area contributed by atoms with E-state index in [1.807, 2.05) is 111 Å². The Bertz CT molecular complexity index is 2640. The highest BCUT2D eigenvalue weighted by molar-refractivity contribution is 6.68. The molecule has 300 valence electrons. The summed E-state index contributed by atoms with van der Waals surface area (Å²) >= 11 is 18.1. The van der Waals surface area contributed by atoms with Crippen LogP contribution in [0.25, 0.3) is 21.5 Å². The van der Waals surface area contributed by atoms with Crippen molar-refractivity contribution in [1.29, 1.82) is 0 Å². The Kier molecular flexibility index (Phi) is 14.2. The Labute approximate surface area is 358 Å². The van der Waals surface area contributed by atoms with Gasteiger partial charge in [-0.3, -0.25) is 19.2 Å². The van der Waals surface area contributed by atoms with E-state index in [4.69, 9.17) is 40.5 Å². The SMILES string of the molecule is CC1=C(Nc2cccc(N)c2Cl)CCCC1=O.CC1=C(Nc2cccc(NC(=O)c3cccc4ccccc34)c2Cl)CCCC1=O.O=C(Cl)c1cccc2ccccc12. The molecule has 0 radical (unpaired) electrons. The quantitative estimate of drug-likeness (QED) is 0.0929. The van der Waals surface area contributed by atoms with Crippen LogP contribution in [0.15, 0.2) is 144 Å². The smallest absolute Gasteiger partial charge is 0.256 e. The monoisotopic (exact) mass is 844 g/mol. The Morgan fingerprint density at radius 3 is 1.54 bits per heavy atom. The number of allylic oxidation sites excluding steroid dienone is 4. The number of carbonyl (C=O) groups is 4. The third kappa shape index (κ3) is 10.4. The number of Topliss-reactive ketones (excluding diaryl/α,β-unsaturated/α-hetero) is 2. The molecule has 6 aromatic carbocycles. The number of nitrogen functional groups attached to an aromatic ring is 1. The van der Waals surface area contributed by atoms with Crippen molar-refractivity contribution >= 4 is 102 Å². The second-order valence-corrected chi connectivity index (χ2v) is 15.3. The van der Waals surface area contributed by atoms with Crippen LogP contribution in [0.1, 0.15) is 73.1 Å². The third-order valence-electron chi connectivity index (χ3n) is 10.3. The number of benzene rings is 6. The summed E-state index contributed by atoms with van der Waals surface area (Å²) in [5, 5.41) is 13.8. The minimum absolute atomic E-state index is 0.162. The number of ketones is 2. The molecule has 0 saturated carbocycles. The van der Waals surface area contributed by atoms with Crippen LogP contribution >= 0.6 is 34.8 Å². The van der Waals surface area contributed by atoms with Gasteiger partial charge >= 0.3 is 0 Å². The van der Waals surface area contributed by atoms with E-state index in [-0.39, 0.29) is 17.5 Å². The maximum atomic E-state index is 12.9. The largest absolute Gasteiger partial charge is 0.397 e. The third-order valence-corrected chi connectivity index (χ3v) is 11.3. The van der Waals surface area contributed by atoms with Crippen LogP contribution in [0.5, 0.6) is 0 Å². The first-order valence-electron chi connectivity index (χ1n) is 19.2. The molecule has 59 heavy (non-hydrogen) atoms. The molecule has 0 heterocycles. The Morgan fingerprint density at radius 1 is 0.542 bits per heavy atom. The molecule has 2 aliphatic carbocycles. The van der Waals surface area contributed by atoms with E-state index >= 15 is 0 Å². The molecular formula is C48H43Cl3N4O4. The predicted octanol–water partition coefficient (Wildman–Crippen LogP) is 12.8. The summed E-state index contributed by atoms with van der Waals surface area (Å²) in [5.41, 5.74) is 12.8. The van der Waals surface area contributed by atoms with Gasteiger partial charge in [0.2, 0.25) is 0 Å². The van der Waals surface area contributed by atoms with Gasteiger partial charge in [-0.05, 0) is 109 Å². The Morgan fingerprint density at radius 2 is 0.983 bits per heavy atom. The molecule has 0 bridgehead atoms. The fourth-order valence-electron chi connectivity index (χ4n) is 6.96. The lowest BCUT2D eigenvalue weighted by atomic mass is 9.96. The van der Waals surface area contributed by atoms with Gasteiger partial charge in [-0.25, -0.2) is 0 Å². The van der Waals surface area contributed by atoms with Crippen molar-refractivity contribution in [3.8, 4) is 0 Å². The van der Waals surface area contributed by atoms with Gasteiger partial charge in [0.05, 0.1) is 32.8 Å². The van der Waals surface area contributed by atoms with E-state index < -0.39 is 5.24 Å². The summed E-state index contributed by atoms with van der Waals surface area (Å²) in [6.45, 7) is 3.69. The molecule has 8 nitrogen and oxygen atoms in total. The number of hydrogen-bond donors (Lipinski definition) is 4. The zero-order valence-corrected chi connectivity index (χ0v) is 34.9. The van der Waals surface area contributed by atoms with Gasteiger partial charge in [0.1, 0.15) is 0 Å².